The summed E-state index contributed by atoms with van der Waals surface area (Å²) in [4.78, 5) is 11.7. The van der Waals surface area contributed by atoms with Crippen LogP contribution in [0.15, 0.2) is 42.5 Å². The zero-order chi connectivity index (χ0) is 22.6. The molecule has 3 rings (SSSR count). The summed E-state index contributed by atoms with van der Waals surface area (Å²) in [6.07, 6.45) is -4.81. The average Bonchev–Trinajstić information content (AvgIpc) is 3.00. The van der Waals surface area contributed by atoms with Gasteiger partial charge in [-0.3, -0.25) is 0 Å². The van der Waals surface area contributed by atoms with Crippen LogP contribution in [-0.2, 0) is 9.53 Å². The molecule has 10 heteroatoms. The molecule has 2 atom stereocenters. The molecule has 0 amide bonds. The number of alkyl halides is 3. The van der Waals surface area contributed by atoms with E-state index in [0.29, 0.717) is 17.7 Å². The largest absolute Gasteiger partial charge is 0.492 e. The highest BCUT2D eigenvalue weighted by Gasteiger charge is 2.51. The van der Waals surface area contributed by atoms with Gasteiger partial charge in [-0.2, -0.15) is 13.2 Å². The number of fused-ring (bicyclic) bond motifs is 1. The van der Waals surface area contributed by atoms with Gasteiger partial charge in [0.2, 0.25) is 5.60 Å². The molecule has 0 aromatic heterocycles. The number of aliphatic carboxylic acids is 1. The third kappa shape index (κ3) is 5.54. The zero-order valence-electron chi connectivity index (χ0n) is 16.4. The molecular formula is C21H20ClF3O6. The van der Waals surface area contributed by atoms with Crippen molar-refractivity contribution in [2.24, 2.45) is 0 Å². The Morgan fingerprint density at radius 3 is 2.61 bits per heavy atom. The van der Waals surface area contributed by atoms with Gasteiger partial charge in [-0.15, -0.1) is 0 Å². The van der Waals surface area contributed by atoms with E-state index < -0.39 is 30.5 Å². The topological polar surface area (TPSA) is 74.2 Å². The maximum Gasteiger partial charge on any atom is 0.422 e. The van der Waals surface area contributed by atoms with Crippen LogP contribution in [0.3, 0.4) is 0 Å². The summed E-state index contributed by atoms with van der Waals surface area (Å²) in [6, 6.07) is 11.0. The van der Waals surface area contributed by atoms with Gasteiger partial charge in [-0.05, 0) is 25.1 Å². The van der Waals surface area contributed by atoms with Gasteiger partial charge in [0.1, 0.15) is 23.4 Å². The Hall–Kier alpha value is -2.65. The number of halogens is 4. The molecule has 2 unspecified atom stereocenters. The van der Waals surface area contributed by atoms with Gasteiger partial charge in [-0.1, -0.05) is 29.8 Å². The fourth-order valence-corrected chi connectivity index (χ4v) is 3.29. The normalized spacial score (nSPS) is 20.1. The van der Waals surface area contributed by atoms with Gasteiger partial charge in [0.25, 0.3) is 0 Å². The Labute approximate surface area is 181 Å². The smallest absolute Gasteiger partial charge is 0.422 e. The fraction of sp³-hybridized carbons (Fsp3) is 0.381. The third-order valence-electron chi connectivity index (χ3n) is 4.59. The summed E-state index contributed by atoms with van der Waals surface area (Å²) in [5.41, 5.74) is -0.883. The van der Waals surface area contributed by atoms with Gasteiger partial charge < -0.3 is 24.1 Å². The molecule has 2 aromatic carbocycles. The molecule has 6 nitrogen and oxygen atoms in total. The van der Waals surface area contributed by atoms with Crippen LogP contribution in [0.2, 0.25) is 5.02 Å². The maximum atomic E-state index is 12.2. The summed E-state index contributed by atoms with van der Waals surface area (Å²) in [7, 11) is 0. The van der Waals surface area contributed by atoms with Gasteiger partial charge in [-0.25, -0.2) is 4.79 Å². The van der Waals surface area contributed by atoms with Gasteiger partial charge in [0, 0.05) is 18.1 Å². The number of hydrogen-bond donors (Lipinski definition) is 1. The predicted octanol–water partition coefficient (Wildman–Crippen LogP) is 5.04. The summed E-state index contributed by atoms with van der Waals surface area (Å²) >= 11 is 6.02. The Balaban J connectivity index is 1.50. The molecule has 1 N–H and O–H groups in total. The number of para-hydroxylation sites is 1. The molecule has 2 aromatic rings. The van der Waals surface area contributed by atoms with Crippen molar-refractivity contribution >= 4 is 17.6 Å². The number of benzene rings is 2. The van der Waals surface area contributed by atoms with E-state index in [1.165, 1.54) is 25.1 Å². The van der Waals surface area contributed by atoms with Crippen LogP contribution in [0, 0.1) is 0 Å². The minimum Gasteiger partial charge on any atom is -0.492 e. The lowest BCUT2D eigenvalue weighted by Crippen LogP contribution is -2.44. The minimum absolute atomic E-state index is 0.0223. The molecule has 1 aliphatic rings. The zero-order valence-corrected chi connectivity index (χ0v) is 17.2. The maximum absolute atomic E-state index is 12.2. The second kappa shape index (κ2) is 9.23. The lowest BCUT2D eigenvalue weighted by Gasteiger charge is -2.26. The van der Waals surface area contributed by atoms with Gasteiger partial charge in [0.15, 0.2) is 6.61 Å². The van der Waals surface area contributed by atoms with Crippen LogP contribution in [0.25, 0.3) is 0 Å². The number of ether oxygens (including phenoxy) is 4. The molecule has 0 spiro atoms. The van der Waals surface area contributed by atoms with E-state index in [-0.39, 0.29) is 29.7 Å². The monoisotopic (exact) mass is 460 g/mol. The van der Waals surface area contributed by atoms with Crippen LogP contribution in [0.1, 0.15) is 25.0 Å². The van der Waals surface area contributed by atoms with E-state index in [4.69, 9.17) is 25.8 Å². The van der Waals surface area contributed by atoms with Gasteiger partial charge >= 0.3 is 12.1 Å². The molecular weight excluding hydrogens is 441 g/mol. The first kappa shape index (κ1) is 23.0. The lowest BCUT2D eigenvalue weighted by molar-refractivity contribution is -0.165. The van der Waals surface area contributed by atoms with Crippen molar-refractivity contribution in [3.63, 3.8) is 0 Å². The van der Waals surface area contributed by atoms with Crippen molar-refractivity contribution in [3.05, 3.63) is 53.1 Å². The Morgan fingerprint density at radius 2 is 1.94 bits per heavy atom. The molecule has 0 saturated heterocycles. The van der Waals surface area contributed by atoms with Crippen molar-refractivity contribution in [3.8, 4) is 17.2 Å². The van der Waals surface area contributed by atoms with Crippen molar-refractivity contribution in [1.82, 2.24) is 0 Å². The first-order valence-electron chi connectivity index (χ1n) is 9.35. The van der Waals surface area contributed by atoms with E-state index in [1.807, 2.05) is 0 Å². The average molecular weight is 461 g/mol. The first-order valence-corrected chi connectivity index (χ1v) is 9.73. The molecule has 0 fully saturated rings. The highest BCUT2D eigenvalue weighted by Crippen LogP contribution is 2.45. The van der Waals surface area contributed by atoms with Crippen LogP contribution in [0.4, 0.5) is 13.2 Å². The molecule has 0 radical (unpaired) electrons. The molecule has 0 bridgehead atoms. The van der Waals surface area contributed by atoms with Crippen LogP contribution < -0.4 is 14.2 Å². The summed E-state index contributed by atoms with van der Waals surface area (Å²) in [5, 5.41) is 9.69. The highest BCUT2D eigenvalue weighted by molar-refractivity contribution is 6.32. The van der Waals surface area contributed by atoms with E-state index in [2.05, 4.69) is 4.74 Å². The van der Waals surface area contributed by atoms with Crippen molar-refractivity contribution in [1.29, 1.82) is 0 Å². The van der Waals surface area contributed by atoms with Crippen LogP contribution in [-0.4, -0.2) is 42.7 Å². The first-order chi connectivity index (χ1) is 14.6. The summed E-state index contributed by atoms with van der Waals surface area (Å²) < 4.78 is 58.2. The number of hydrogen-bond acceptors (Lipinski definition) is 5. The molecule has 1 aliphatic heterocycles. The SMILES string of the molecule is CC1(C(=O)O)Oc2ccccc2C1OCCCOc1ccc(OCC(F)(F)F)cc1Cl. The number of carboxylic acids is 1. The highest BCUT2D eigenvalue weighted by atomic mass is 35.5. The van der Waals surface area contributed by atoms with E-state index >= 15 is 0 Å². The van der Waals surface area contributed by atoms with Crippen LogP contribution in [0.5, 0.6) is 17.2 Å². The summed E-state index contributed by atoms with van der Waals surface area (Å²) in [6.45, 7) is 0.430. The van der Waals surface area contributed by atoms with Crippen molar-refractivity contribution in [2.75, 3.05) is 19.8 Å². The Kier molecular flexibility index (Phi) is 6.86. The molecule has 168 valence electrons. The van der Waals surface area contributed by atoms with E-state index in [0.717, 1.165) is 0 Å². The van der Waals surface area contributed by atoms with Crippen molar-refractivity contribution < 1.29 is 42.0 Å². The Bertz CT molecular complexity index is 936. The minimum atomic E-state index is -4.44. The second-order valence-corrected chi connectivity index (χ2v) is 7.41. The predicted molar refractivity (Wildman–Crippen MR) is 105 cm³/mol. The number of carbonyl (C=O) groups is 1. The standard InChI is InChI=1S/C21H20ClF3O6/c1-20(19(26)27)18(14-5-2-3-6-16(14)31-20)29-10-4-9-28-17-8-7-13(11-15(17)22)30-12-21(23,24)25/h2-3,5-8,11,18H,4,9-10,12H2,1H3,(H,26,27). The quantitative estimate of drug-likeness (QED) is 0.528. The van der Waals surface area contributed by atoms with Crippen molar-refractivity contribution in [2.45, 2.75) is 31.2 Å². The van der Waals surface area contributed by atoms with Gasteiger partial charge in [0.05, 0.1) is 18.2 Å². The second-order valence-electron chi connectivity index (χ2n) is 7.00. The fourth-order valence-electron chi connectivity index (χ4n) is 3.07. The lowest BCUT2D eigenvalue weighted by atomic mass is 9.95. The molecule has 31 heavy (non-hydrogen) atoms. The number of carboxylic acid groups (broad SMARTS) is 1. The van der Waals surface area contributed by atoms with Crippen LogP contribution >= 0.6 is 11.6 Å². The molecule has 1 heterocycles. The Morgan fingerprint density at radius 1 is 1.19 bits per heavy atom. The summed E-state index contributed by atoms with van der Waals surface area (Å²) in [5.74, 6) is -0.408. The van der Waals surface area contributed by atoms with E-state index in [9.17, 15) is 23.1 Å². The molecule has 0 aliphatic carbocycles. The number of rotatable bonds is 9. The van der Waals surface area contributed by atoms with E-state index in [1.54, 1.807) is 24.3 Å². The molecule has 0 saturated carbocycles. The third-order valence-corrected chi connectivity index (χ3v) is 4.88.